The fourth-order valence-corrected chi connectivity index (χ4v) is 4.57. The molecule has 8 heteroatoms. The van der Waals surface area contributed by atoms with E-state index in [1.807, 2.05) is 48.5 Å². The molecule has 0 aliphatic rings. The third-order valence-corrected chi connectivity index (χ3v) is 6.59. The molecule has 3 aromatic carbocycles. The van der Waals surface area contributed by atoms with E-state index in [1.165, 1.54) is 0 Å². The summed E-state index contributed by atoms with van der Waals surface area (Å²) in [5, 5.41) is 5.28. The van der Waals surface area contributed by atoms with Crippen LogP contribution in [0.25, 0.3) is 21.8 Å². The van der Waals surface area contributed by atoms with Crippen molar-refractivity contribution in [2.75, 3.05) is 0 Å². The van der Waals surface area contributed by atoms with E-state index in [4.69, 9.17) is 9.82 Å². The van der Waals surface area contributed by atoms with E-state index in [0.29, 0.717) is 37.4 Å². The third kappa shape index (κ3) is 6.86. The molecule has 5 aromatic rings. The number of nitrogens with one attached hydrogen (secondary N) is 3. The Morgan fingerprint density at radius 1 is 0.872 bits per heavy atom. The molecule has 0 bridgehead atoms. The van der Waals surface area contributed by atoms with Gasteiger partial charge in [-0.3, -0.25) is 19.4 Å². The average molecular weight is 522 g/mol. The van der Waals surface area contributed by atoms with Crippen LogP contribution in [0.5, 0.6) is 0 Å². The number of aromatic nitrogens is 3. The van der Waals surface area contributed by atoms with Gasteiger partial charge in [0.15, 0.2) is 0 Å². The van der Waals surface area contributed by atoms with Crippen molar-refractivity contribution in [1.82, 2.24) is 25.7 Å². The standard InChI is InChI=1S/C31H31N5O3/c37-28(36-39-21-22-11-3-1-4-12-22)17-6-2-5-15-26(34-31(38)27-16-9-10-20-32-27)30-33-25-19-18-23-13-7-8-14-24(23)29(25)35-30/h1,3-4,7-14,16,18-20,26H,2,5-6,15,17,21H2,(H,33,35)(H,34,38)(H,36,37). The van der Waals surface area contributed by atoms with Gasteiger partial charge in [-0.05, 0) is 42.0 Å². The van der Waals surface area contributed by atoms with E-state index in [-0.39, 0.29) is 17.9 Å². The number of nitrogens with zero attached hydrogens (tertiary/aromatic N) is 2. The molecule has 0 radical (unpaired) electrons. The number of unbranched alkanes of at least 4 members (excludes halogenated alkanes) is 2. The lowest BCUT2D eigenvalue weighted by atomic mass is 10.1. The number of amides is 2. The van der Waals surface area contributed by atoms with Crippen LogP contribution in [0.4, 0.5) is 0 Å². The van der Waals surface area contributed by atoms with Gasteiger partial charge in [-0.25, -0.2) is 10.5 Å². The quantitative estimate of drug-likeness (QED) is 0.142. The molecule has 0 saturated carbocycles. The summed E-state index contributed by atoms with van der Waals surface area (Å²) in [5.41, 5.74) is 5.67. The summed E-state index contributed by atoms with van der Waals surface area (Å²) in [6.45, 7) is 0.330. The first-order valence-electron chi connectivity index (χ1n) is 13.2. The molecule has 2 aromatic heterocycles. The van der Waals surface area contributed by atoms with Crippen LogP contribution in [0.2, 0.25) is 0 Å². The summed E-state index contributed by atoms with van der Waals surface area (Å²) >= 11 is 0. The Labute approximate surface area is 226 Å². The number of benzene rings is 3. The fourth-order valence-electron chi connectivity index (χ4n) is 4.57. The number of rotatable bonds is 12. The highest BCUT2D eigenvalue weighted by Gasteiger charge is 2.20. The van der Waals surface area contributed by atoms with Gasteiger partial charge in [0.2, 0.25) is 5.91 Å². The Hall–Kier alpha value is -4.56. The second-order valence-electron chi connectivity index (χ2n) is 9.44. The Morgan fingerprint density at radius 2 is 1.69 bits per heavy atom. The number of fused-ring (bicyclic) bond motifs is 3. The third-order valence-electron chi connectivity index (χ3n) is 6.59. The fraction of sp³-hybridized carbons (Fsp3) is 0.226. The number of carbonyl (C=O) groups is 2. The Balaban J connectivity index is 1.19. The Morgan fingerprint density at radius 3 is 2.54 bits per heavy atom. The van der Waals surface area contributed by atoms with Crippen molar-refractivity contribution in [2.24, 2.45) is 0 Å². The number of carbonyl (C=O) groups excluding carboxylic acids is 2. The van der Waals surface area contributed by atoms with E-state index < -0.39 is 0 Å². The zero-order valence-corrected chi connectivity index (χ0v) is 21.6. The molecule has 1 atom stereocenters. The van der Waals surface area contributed by atoms with Crippen LogP contribution in [0.1, 0.15) is 60.0 Å². The van der Waals surface area contributed by atoms with Crippen molar-refractivity contribution >= 4 is 33.6 Å². The predicted molar refractivity (Wildman–Crippen MR) is 151 cm³/mol. The van der Waals surface area contributed by atoms with Gasteiger partial charge in [-0.15, -0.1) is 0 Å². The molecule has 0 aliphatic carbocycles. The van der Waals surface area contributed by atoms with Gasteiger partial charge in [0.1, 0.15) is 11.5 Å². The van der Waals surface area contributed by atoms with E-state index >= 15 is 0 Å². The second kappa shape index (κ2) is 12.8. The highest BCUT2D eigenvalue weighted by Crippen LogP contribution is 2.27. The van der Waals surface area contributed by atoms with Crippen molar-refractivity contribution in [2.45, 2.75) is 44.8 Å². The first-order chi connectivity index (χ1) is 19.2. The molecule has 39 heavy (non-hydrogen) atoms. The molecular formula is C31H31N5O3. The van der Waals surface area contributed by atoms with Gasteiger partial charge in [0.05, 0.1) is 23.7 Å². The van der Waals surface area contributed by atoms with Crippen LogP contribution in [0, 0.1) is 0 Å². The zero-order valence-electron chi connectivity index (χ0n) is 21.6. The predicted octanol–water partition coefficient (Wildman–Crippen LogP) is 5.78. The van der Waals surface area contributed by atoms with E-state index in [1.54, 1.807) is 24.4 Å². The minimum Gasteiger partial charge on any atom is -0.341 e. The first-order valence-corrected chi connectivity index (χ1v) is 13.2. The van der Waals surface area contributed by atoms with Gasteiger partial charge >= 0.3 is 0 Å². The molecule has 2 heterocycles. The lowest BCUT2D eigenvalue weighted by Gasteiger charge is -2.16. The number of imidazole rings is 1. The molecule has 0 saturated heterocycles. The van der Waals surface area contributed by atoms with Gasteiger partial charge < -0.3 is 10.3 Å². The number of hydroxylamine groups is 1. The molecule has 2 amide bonds. The van der Waals surface area contributed by atoms with Crippen LogP contribution >= 0.6 is 0 Å². The maximum Gasteiger partial charge on any atom is 0.270 e. The molecule has 3 N–H and O–H groups in total. The molecule has 0 aliphatic heterocycles. The largest absolute Gasteiger partial charge is 0.341 e. The Bertz CT molecular complexity index is 1540. The minimum absolute atomic E-state index is 0.143. The molecule has 198 valence electrons. The SMILES string of the molecule is O=C(CCCCCC(NC(=O)c1ccccn1)c1nc2c(ccc3ccccc32)[nH]1)NOCc1ccccc1. The van der Waals surface area contributed by atoms with Gasteiger partial charge in [0, 0.05) is 18.0 Å². The molecule has 1 unspecified atom stereocenters. The summed E-state index contributed by atoms with van der Waals surface area (Å²) in [6.07, 6.45) is 4.99. The normalized spacial score (nSPS) is 11.9. The highest BCUT2D eigenvalue weighted by atomic mass is 16.6. The smallest absolute Gasteiger partial charge is 0.270 e. The molecular weight excluding hydrogens is 490 g/mol. The monoisotopic (exact) mass is 521 g/mol. The molecule has 0 fully saturated rings. The van der Waals surface area contributed by atoms with Crippen molar-refractivity contribution in [1.29, 1.82) is 0 Å². The minimum atomic E-state index is -0.325. The Kier molecular flexibility index (Phi) is 8.55. The van der Waals surface area contributed by atoms with Crippen LogP contribution in [-0.4, -0.2) is 26.8 Å². The van der Waals surface area contributed by atoms with Crippen molar-refractivity contribution < 1.29 is 14.4 Å². The summed E-state index contributed by atoms with van der Waals surface area (Å²) in [6, 6.07) is 26.8. The summed E-state index contributed by atoms with van der Waals surface area (Å²) in [4.78, 5) is 42.9. The van der Waals surface area contributed by atoms with Gasteiger partial charge in [-0.1, -0.05) is 79.6 Å². The zero-order chi connectivity index (χ0) is 26.9. The lowest BCUT2D eigenvalue weighted by Crippen LogP contribution is -2.30. The van der Waals surface area contributed by atoms with E-state index in [2.05, 4.69) is 39.0 Å². The van der Waals surface area contributed by atoms with Crippen LogP contribution in [0.15, 0.2) is 91.1 Å². The van der Waals surface area contributed by atoms with Crippen molar-refractivity contribution in [3.05, 3.63) is 108 Å². The second-order valence-corrected chi connectivity index (χ2v) is 9.44. The van der Waals surface area contributed by atoms with Gasteiger partial charge in [0.25, 0.3) is 5.91 Å². The number of pyridine rings is 1. The summed E-state index contributed by atoms with van der Waals surface area (Å²) in [7, 11) is 0. The maximum atomic E-state index is 13.0. The molecule has 0 spiro atoms. The molecule has 8 nitrogen and oxygen atoms in total. The van der Waals surface area contributed by atoms with Crippen LogP contribution in [-0.2, 0) is 16.2 Å². The number of H-pyrrole nitrogens is 1. The topological polar surface area (TPSA) is 109 Å². The van der Waals surface area contributed by atoms with Crippen molar-refractivity contribution in [3.8, 4) is 0 Å². The number of hydrogen-bond donors (Lipinski definition) is 3. The summed E-state index contributed by atoms with van der Waals surface area (Å²) < 4.78 is 0. The van der Waals surface area contributed by atoms with Gasteiger partial charge in [-0.2, -0.15) is 0 Å². The van der Waals surface area contributed by atoms with Crippen LogP contribution < -0.4 is 10.8 Å². The first kappa shape index (κ1) is 26.1. The van der Waals surface area contributed by atoms with Crippen molar-refractivity contribution in [3.63, 3.8) is 0 Å². The maximum absolute atomic E-state index is 13.0. The number of hydrogen-bond acceptors (Lipinski definition) is 5. The van der Waals surface area contributed by atoms with E-state index in [9.17, 15) is 9.59 Å². The average Bonchev–Trinajstić information content (AvgIpc) is 3.42. The lowest BCUT2D eigenvalue weighted by molar-refractivity contribution is -0.134. The van der Waals surface area contributed by atoms with Crippen LogP contribution in [0.3, 0.4) is 0 Å². The summed E-state index contributed by atoms with van der Waals surface area (Å²) in [5.74, 6) is 0.314. The van der Waals surface area contributed by atoms with E-state index in [0.717, 1.165) is 40.2 Å². The number of aromatic amines is 1. The molecule has 5 rings (SSSR count). The highest BCUT2D eigenvalue weighted by molar-refractivity contribution is 6.04.